The first-order valence-electron chi connectivity index (χ1n) is 6.64. The van der Waals surface area contributed by atoms with Crippen molar-refractivity contribution in [3.63, 3.8) is 0 Å². The number of halogens is 1. The van der Waals surface area contributed by atoms with Crippen LogP contribution in [-0.2, 0) is 0 Å². The number of aliphatic hydroxyl groups is 1. The van der Waals surface area contributed by atoms with Crippen LogP contribution in [0.15, 0.2) is 42.5 Å². The molecule has 0 aliphatic heterocycles. The molecular formula is C17H19ClO2. The lowest BCUT2D eigenvalue weighted by molar-refractivity contribution is 0.220. The van der Waals surface area contributed by atoms with E-state index >= 15 is 0 Å². The summed E-state index contributed by atoms with van der Waals surface area (Å²) in [6.07, 6.45) is -0.681. The zero-order valence-electron chi connectivity index (χ0n) is 11.9. The third-order valence-electron chi connectivity index (χ3n) is 3.41. The number of rotatable bonds is 4. The quantitative estimate of drug-likeness (QED) is 0.895. The van der Waals surface area contributed by atoms with Gasteiger partial charge in [-0.1, -0.05) is 55.8 Å². The first-order valence-corrected chi connectivity index (χ1v) is 7.02. The van der Waals surface area contributed by atoms with Crippen molar-refractivity contribution in [2.45, 2.75) is 25.9 Å². The number of hydrogen-bond donors (Lipinski definition) is 1. The number of methoxy groups -OCH3 is 1. The molecule has 0 amide bonds. The summed E-state index contributed by atoms with van der Waals surface area (Å²) in [5, 5.41) is 10.9. The van der Waals surface area contributed by atoms with Gasteiger partial charge in [0.05, 0.1) is 12.1 Å². The fourth-order valence-corrected chi connectivity index (χ4v) is 2.37. The Hall–Kier alpha value is -1.51. The molecule has 0 saturated heterocycles. The molecule has 0 saturated carbocycles. The zero-order valence-corrected chi connectivity index (χ0v) is 12.7. The maximum atomic E-state index is 10.4. The highest BCUT2D eigenvalue weighted by Gasteiger charge is 2.13. The minimum absolute atomic E-state index is 0.483. The highest BCUT2D eigenvalue weighted by Crippen LogP contribution is 2.30. The topological polar surface area (TPSA) is 29.5 Å². The summed E-state index contributed by atoms with van der Waals surface area (Å²) in [6, 6.07) is 13.3. The predicted octanol–water partition coefficient (Wildman–Crippen LogP) is 4.55. The first-order chi connectivity index (χ1) is 9.52. The van der Waals surface area contributed by atoms with Gasteiger partial charge in [0.1, 0.15) is 11.9 Å². The Bertz CT molecular complexity index is 576. The third-order valence-corrected chi connectivity index (χ3v) is 3.71. The molecular weight excluding hydrogens is 272 g/mol. The maximum absolute atomic E-state index is 10.4. The van der Waals surface area contributed by atoms with Gasteiger partial charge in [0, 0.05) is 0 Å². The minimum Gasteiger partial charge on any atom is -0.495 e. The summed E-state index contributed by atoms with van der Waals surface area (Å²) in [5.74, 6) is 1.09. The van der Waals surface area contributed by atoms with Crippen LogP contribution in [0.3, 0.4) is 0 Å². The summed E-state index contributed by atoms with van der Waals surface area (Å²) >= 11 is 6.09. The van der Waals surface area contributed by atoms with Crippen molar-refractivity contribution in [1.82, 2.24) is 0 Å². The Balaban J connectivity index is 2.26. The maximum Gasteiger partial charge on any atom is 0.137 e. The van der Waals surface area contributed by atoms with Crippen molar-refractivity contribution in [3.05, 3.63) is 64.2 Å². The van der Waals surface area contributed by atoms with Crippen LogP contribution in [0.2, 0.25) is 5.02 Å². The molecule has 1 atom stereocenters. The van der Waals surface area contributed by atoms with Crippen molar-refractivity contribution < 1.29 is 9.84 Å². The molecule has 0 heterocycles. The fraction of sp³-hybridized carbons (Fsp3) is 0.294. The molecule has 0 radical (unpaired) electrons. The largest absolute Gasteiger partial charge is 0.495 e. The molecule has 2 aromatic rings. The molecule has 2 rings (SSSR count). The van der Waals surface area contributed by atoms with Crippen LogP contribution in [0.4, 0.5) is 0 Å². The summed E-state index contributed by atoms with van der Waals surface area (Å²) < 4.78 is 5.11. The molecule has 0 aliphatic carbocycles. The lowest BCUT2D eigenvalue weighted by Crippen LogP contribution is -2.00. The molecule has 106 valence electrons. The number of benzene rings is 2. The number of ether oxygens (including phenoxy) is 1. The highest BCUT2D eigenvalue weighted by molar-refractivity contribution is 6.32. The van der Waals surface area contributed by atoms with E-state index in [4.69, 9.17) is 16.3 Å². The van der Waals surface area contributed by atoms with Gasteiger partial charge < -0.3 is 9.84 Å². The SMILES string of the molecule is COc1ccc(C(O)c2ccc(C(C)C)cc2)cc1Cl. The molecule has 0 spiro atoms. The predicted molar refractivity (Wildman–Crippen MR) is 82.6 cm³/mol. The van der Waals surface area contributed by atoms with Gasteiger partial charge in [0.25, 0.3) is 0 Å². The third kappa shape index (κ3) is 3.14. The highest BCUT2D eigenvalue weighted by atomic mass is 35.5. The average molecular weight is 291 g/mol. The van der Waals surface area contributed by atoms with Gasteiger partial charge in [0.15, 0.2) is 0 Å². The van der Waals surface area contributed by atoms with Crippen molar-refractivity contribution in [1.29, 1.82) is 0 Å². The second-order valence-corrected chi connectivity index (χ2v) is 5.53. The summed E-state index contributed by atoms with van der Waals surface area (Å²) in [7, 11) is 1.57. The molecule has 0 aliphatic rings. The standard InChI is InChI=1S/C17H19ClO2/c1-11(2)12-4-6-13(7-5-12)17(19)14-8-9-16(20-3)15(18)10-14/h4-11,17,19H,1-3H3. The Morgan fingerprint density at radius 3 is 2.00 bits per heavy atom. The monoisotopic (exact) mass is 290 g/mol. The Morgan fingerprint density at radius 2 is 1.50 bits per heavy atom. The van der Waals surface area contributed by atoms with Crippen LogP contribution in [0.25, 0.3) is 0 Å². The normalized spacial score (nSPS) is 12.5. The molecule has 0 fully saturated rings. The zero-order chi connectivity index (χ0) is 14.7. The smallest absolute Gasteiger partial charge is 0.137 e. The van der Waals surface area contributed by atoms with Gasteiger partial charge in [-0.3, -0.25) is 0 Å². The molecule has 3 heteroatoms. The van der Waals surface area contributed by atoms with E-state index in [1.165, 1.54) is 5.56 Å². The average Bonchev–Trinajstić information content (AvgIpc) is 2.46. The van der Waals surface area contributed by atoms with E-state index in [1.807, 2.05) is 30.3 Å². The Labute approximate surface area is 125 Å². The molecule has 1 unspecified atom stereocenters. The molecule has 20 heavy (non-hydrogen) atoms. The van der Waals surface area contributed by atoms with Crippen molar-refractivity contribution in [2.24, 2.45) is 0 Å². The summed E-state index contributed by atoms with van der Waals surface area (Å²) in [6.45, 7) is 4.30. The van der Waals surface area contributed by atoms with Gasteiger partial charge in [-0.2, -0.15) is 0 Å². The van der Waals surface area contributed by atoms with E-state index < -0.39 is 6.10 Å². The first kappa shape index (κ1) is 14.9. The van der Waals surface area contributed by atoms with Gasteiger partial charge >= 0.3 is 0 Å². The fourth-order valence-electron chi connectivity index (χ4n) is 2.11. The number of hydrogen-bond acceptors (Lipinski definition) is 2. The van der Waals surface area contributed by atoms with E-state index in [0.29, 0.717) is 16.7 Å². The summed E-state index contributed by atoms with van der Waals surface area (Å²) in [5.41, 5.74) is 2.87. The molecule has 1 N–H and O–H groups in total. The molecule has 0 bridgehead atoms. The van der Waals surface area contributed by atoms with Crippen molar-refractivity contribution in [3.8, 4) is 5.75 Å². The van der Waals surface area contributed by atoms with Crippen LogP contribution in [0.1, 0.15) is 42.6 Å². The van der Waals surface area contributed by atoms with Crippen LogP contribution in [0, 0.1) is 0 Å². The van der Waals surface area contributed by atoms with Crippen molar-refractivity contribution in [2.75, 3.05) is 7.11 Å². The van der Waals surface area contributed by atoms with Crippen LogP contribution >= 0.6 is 11.6 Å². The van der Waals surface area contributed by atoms with Gasteiger partial charge in [-0.05, 0) is 34.7 Å². The van der Waals surface area contributed by atoms with E-state index in [1.54, 1.807) is 19.2 Å². The Morgan fingerprint density at radius 1 is 0.950 bits per heavy atom. The molecule has 2 nitrogen and oxygen atoms in total. The van der Waals surface area contributed by atoms with E-state index in [2.05, 4.69) is 13.8 Å². The van der Waals surface area contributed by atoms with Crippen LogP contribution in [0.5, 0.6) is 5.75 Å². The number of aliphatic hydroxyl groups excluding tert-OH is 1. The van der Waals surface area contributed by atoms with E-state index in [-0.39, 0.29) is 0 Å². The van der Waals surface area contributed by atoms with E-state index in [9.17, 15) is 5.11 Å². The second kappa shape index (κ2) is 6.29. The van der Waals surface area contributed by atoms with Crippen LogP contribution < -0.4 is 4.74 Å². The van der Waals surface area contributed by atoms with Gasteiger partial charge in [-0.25, -0.2) is 0 Å². The van der Waals surface area contributed by atoms with Gasteiger partial charge in [-0.15, -0.1) is 0 Å². The molecule has 2 aromatic carbocycles. The Kier molecular flexibility index (Phi) is 4.69. The lowest BCUT2D eigenvalue weighted by atomic mass is 9.97. The second-order valence-electron chi connectivity index (χ2n) is 5.12. The minimum atomic E-state index is -0.681. The van der Waals surface area contributed by atoms with Crippen molar-refractivity contribution >= 4 is 11.6 Å². The molecule has 0 aromatic heterocycles. The summed E-state index contributed by atoms with van der Waals surface area (Å²) in [4.78, 5) is 0. The lowest BCUT2D eigenvalue weighted by Gasteiger charge is -2.14. The van der Waals surface area contributed by atoms with Crippen LogP contribution in [-0.4, -0.2) is 12.2 Å². The van der Waals surface area contributed by atoms with E-state index in [0.717, 1.165) is 11.1 Å². The van der Waals surface area contributed by atoms with Gasteiger partial charge in [0.2, 0.25) is 0 Å².